The largest absolute Gasteiger partial charge is 0.508 e. The van der Waals surface area contributed by atoms with Gasteiger partial charge in [0, 0.05) is 22.8 Å². The number of aromatic hydroxyl groups is 1. The Morgan fingerprint density at radius 1 is 1.21 bits per heavy atom. The summed E-state index contributed by atoms with van der Waals surface area (Å²) in [6.07, 6.45) is 0. The number of nitro benzene ring substituents is 1. The summed E-state index contributed by atoms with van der Waals surface area (Å²) in [5, 5.41) is 20.2. The molecule has 0 aliphatic heterocycles. The molecule has 0 unspecified atom stereocenters. The highest BCUT2D eigenvalue weighted by molar-refractivity contribution is 7.98. The first-order chi connectivity index (χ1) is 9.06. The van der Waals surface area contributed by atoms with E-state index in [1.54, 1.807) is 42.1 Å². The van der Waals surface area contributed by atoms with Crippen LogP contribution in [0.15, 0.2) is 47.4 Å². The van der Waals surface area contributed by atoms with Crippen LogP contribution in [0.25, 0.3) is 0 Å². The van der Waals surface area contributed by atoms with E-state index in [0.29, 0.717) is 10.8 Å². The van der Waals surface area contributed by atoms with E-state index < -0.39 is 4.92 Å². The van der Waals surface area contributed by atoms with Gasteiger partial charge in [0.2, 0.25) is 0 Å². The molecule has 19 heavy (non-hydrogen) atoms. The lowest BCUT2D eigenvalue weighted by atomic mass is 10.2. The Labute approximate surface area is 119 Å². The lowest BCUT2D eigenvalue weighted by Gasteiger charge is -2.04. The molecule has 2 aromatic carbocycles. The number of halogens is 1. The molecular formula is C13H10ClNO3S. The van der Waals surface area contributed by atoms with Crippen LogP contribution in [0.1, 0.15) is 5.56 Å². The quantitative estimate of drug-likeness (QED) is 0.520. The summed E-state index contributed by atoms with van der Waals surface area (Å²) in [7, 11) is 0. The van der Waals surface area contributed by atoms with E-state index in [4.69, 9.17) is 11.6 Å². The van der Waals surface area contributed by atoms with Gasteiger partial charge in [0.1, 0.15) is 5.75 Å². The van der Waals surface area contributed by atoms with Crippen LogP contribution in [-0.2, 0) is 5.75 Å². The molecule has 0 radical (unpaired) electrons. The molecule has 0 bridgehead atoms. The van der Waals surface area contributed by atoms with Crippen LogP contribution in [0, 0.1) is 10.1 Å². The number of hydrogen-bond donors (Lipinski definition) is 1. The van der Waals surface area contributed by atoms with Gasteiger partial charge in [0.25, 0.3) is 5.69 Å². The third-order valence-electron chi connectivity index (χ3n) is 2.48. The third kappa shape index (κ3) is 3.62. The van der Waals surface area contributed by atoms with Gasteiger partial charge < -0.3 is 5.11 Å². The molecule has 0 aliphatic rings. The minimum atomic E-state index is -0.469. The lowest BCUT2D eigenvalue weighted by molar-refractivity contribution is -0.384. The predicted octanol–water partition coefficient (Wildman–Crippen LogP) is 4.25. The van der Waals surface area contributed by atoms with Gasteiger partial charge in [0.15, 0.2) is 0 Å². The van der Waals surface area contributed by atoms with Crippen molar-refractivity contribution in [3.05, 3.63) is 63.2 Å². The summed E-state index contributed by atoms with van der Waals surface area (Å²) in [6, 6.07) is 11.3. The molecule has 0 aromatic heterocycles. The van der Waals surface area contributed by atoms with Gasteiger partial charge >= 0.3 is 0 Å². The van der Waals surface area contributed by atoms with Crippen molar-refractivity contribution in [3.8, 4) is 5.75 Å². The molecule has 98 valence electrons. The highest BCUT2D eigenvalue weighted by Crippen LogP contribution is 2.29. The Morgan fingerprint density at radius 2 is 1.89 bits per heavy atom. The van der Waals surface area contributed by atoms with E-state index in [1.807, 2.05) is 0 Å². The van der Waals surface area contributed by atoms with Crippen LogP contribution in [0.5, 0.6) is 5.75 Å². The minimum absolute atomic E-state index is 0.0108. The second-order valence-corrected chi connectivity index (χ2v) is 5.27. The summed E-state index contributed by atoms with van der Waals surface area (Å²) in [5.41, 5.74) is 0.828. The zero-order valence-electron chi connectivity index (χ0n) is 9.75. The second-order valence-electron chi connectivity index (χ2n) is 3.82. The zero-order valence-corrected chi connectivity index (χ0v) is 11.3. The molecule has 6 heteroatoms. The molecule has 0 aliphatic carbocycles. The molecule has 0 atom stereocenters. The van der Waals surface area contributed by atoms with Gasteiger partial charge in [-0.1, -0.05) is 11.6 Å². The van der Waals surface area contributed by atoms with Crippen molar-refractivity contribution in [1.29, 1.82) is 0 Å². The zero-order chi connectivity index (χ0) is 13.8. The summed E-state index contributed by atoms with van der Waals surface area (Å²) in [6.45, 7) is 0. The first-order valence-corrected chi connectivity index (χ1v) is 6.77. The van der Waals surface area contributed by atoms with Crippen LogP contribution < -0.4 is 0 Å². The van der Waals surface area contributed by atoms with Gasteiger partial charge in [-0.05, 0) is 35.9 Å². The Balaban J connectivity index is 2.07. The number of thioether (sulfide) groups is 1. The maximum absolute atomic E-state index is 10.6. The van der Waals surface area contributed by atoms with Crippen molar-refractivity contribution < 1.29 is 10.0 Å². The van der Waals surface area contributed by atoms with Gasteiger partial charge in [-0.15, -0.1) is 11.8 Å². The highest BCUT2D eigenvalue weighted by atomic mass is 35.5. The van der Waals surface area contributed by atoms with Gasteiger partial charge in [0.05, 0.1) is 9.95 Å². The Morgan fingerprint density at radius 3 is 2.47 bits per heavy atom. The summed E-state index contributed by atoms with van der Waals surface area (Å²) < 4.78 is 0. The Hall–Kier alpha value is -1.72. The number of nitrogens with zero attached hydrogens (tertiary/aromatic N) is 1. The molecule has 2 aromatic rings. The average Bonchev–Trinajstić information content (AvgIpc) is 2.39. The first kappa shape index (κ1) is 13.7. The number of phenols is 1. The molecule has 0 saturated heterocycles. The minimum Gasteiger partial charge on any atom is -0.508 e. The standard InChI is InChI=1S/C13H10ClNO3S/c14-13-7-10(15(17)18)2-1-9(13)8-19-12-5-3-11(16)4-6-12/h1-7,16H,8H2. The maximum Gasteiger partial charge on any atom is 0.270 e. The van der Waals surface area contributed by atoms with E-state index in [0.717, 1.165) is 10.5 Å². The molecule has 0 amide bonds. The fourth-order valence-corrected chi connectivity index (χ4v) is 2.69. The van der Waals surface area contributed by atoms with E-state index in [-0.39, 0.29) is 11.4 Å². The van der Waals surface area contributed by atoms with E-state index >= 15 is 0 Å². The molecule has 0 saturated carbocycles. The van der Waals surface area contributed by atoms with Crippen molar-refractivity contribution >= 4 is 29.1 Å². The SMILES string of the molecule is O=[N+]([O-])c1ccc(CSc2ccc(O)cc2)c(Cl)c1. The fourth-order valence-electron chi connectivity index (χ4n) is 1.47. The molecule has 1 N–H and O–H groups in total. The van der Waals surface area contributed by atoms with Crippen LogP contribution in [-0.4, -0.2) is 10.0 Å². The highest BCUT2D eigenvalue weighted by Gasteiger charge is 2.09. The molecule has 4 nitrogen and oxygen atoms in total. The summed E-state index contributed by atoms with van der Waals surface area (Å²) >= 11 is 7.55. The van der Waals surface area contributed by atoms with E-state index in [9.17, 15) is 15.2 Å². The van der Waals surface area contributed by atoms with Crippen LogP contribution >= 0.6 is 23.4 Å². The maximum atomic E-state index is 10.6. The number of hydrogen-bond acceptors (Lipinski definition) is 4. The smallest absolute Gasteiger partial charge is 0.270 e. The first-order valence-electron chi connectivity index (χ1n) is 5.41. The third-order valence-corrected chi connectivity index (χ3v) is 3.89. The number of rotatable bonds is 4. The number of phenolic OH excluding ortho intramolecular Hbond substituents is 1. The Kier molecular flexibility index (Phi) is 4.29. The predicted molar refractivity (Wildman–Crippen MR) is 75.8 cm³/mol. The van der Waals surface area contributed by atoms with Crippen LogP contribution in [0.3, 0.4) is 0 Å². The van der Waals surface area contributed by atoms with E-state index in [1.165, 1.54) is 12.1 Å². The van der Waals surface area contributed by atoms with Gasteiger partial charge in [-0.3, -0.25) is 10.1 Å². The summed E-state index contributed by atoms with van der Waals surface area (Å²) in [4.78, 5) is 11.1. The molecule has 0 heterocycles. The van der Waals surface area contributed by atoms with E-state index in [2.05, 4.69) is 0 Å². The fraction of sp³-hybridized carbons (Fsp3) is 0.0769. The molecular weight excluding hydrogens is 286 g/mol. The van der Waals surface area contributed by atoms with Crippen LogP contribution in [0.4, 0.5) is 5.69 Å². The molecule has 0 fully saturated rings. The second kappa shape index (κ2) is 5.95. The van der Waals surface area contributed by atoms with Crippen molar-refractivity contribution in [3.63, 3.8) is 0 Å². The molecule has 0 spiro atoms. The van der Waals surface area contributed by atoms with Crippen LogP contribution in [0.2, 0.25) is 5.02 Å². The topological polar surface area (TPSA) is 63.4 Å². The van der Waals surface area contributed by atoms with Crippen molar-refractivity contribution in [1.82, 2.24) is 0 Å². The van der Waals surface area contributed by atoms with Gasteiger partial charge in [-0.25, -0.2) is 0 Å². The van der Waals surface area contributed by atoms with Crippen molar-refractivity contribution in [2.75, 3.05) is 0 Å². The summed E-state index contributed by atoms with van der Waals surface area (Å²) in [5.74, 6) is 0.833. The number of non-ortho nitro benzene ring substituents is 1. The number of benzene rings is 2. The normalized spacial score (nSPS) is 10.4. The monoisotopic (exact) mass is 295 g/mol. The number of nitro groups is 1. The van der Waals surface area contributed by atoms with Gasteiger partial charge in [-0.2, -0.15) is 0 Å². The Bertz CT molecular complexity index is 601. The van der Waals surface area contributed by atoms with Crippen molar-refractivity contribution in [2.45, 2.75) is 10.6 Å². The average molecular weight is 296 g/mol. The lowest BCUT2D eigenvalue weighted by Crippen LogP contribution is -1.90. The molecule has 2 rings (SSSR count). The van der Waals surface area contributed by atoms with Crippen molar-refractivity contribution in [2.24, 2.45) is 0 Å².